The van der Waals surface area contributed by atoms with E-state index in [1.165, 1.54) is 16.3 Å². The zero-order valence-corrected chi connectivity index (χ0v) is 22.0. The van der Waals surface area contributed by atoms with Crippen molar-refractivity contribution in [2.45, 2.75) is 37.7 Å². The first-order valence-corrected chi connectivity index (χ1v) is 12.8. The molecule has 1 aromatic carbocycles. The van der Waals surface area contributed by atoms with E-state index in [1.54, 1.807) is 0 Å². The van der Waals surface area contributed by atoms with Crippen molar-refractivity contribution in [3.63, 3.8) is 0 Å². The quantitative estimate of drug-likeness (QED) is 0.503. The van der Waals surface area contributed by atoms with Crippen LogP contribution in [0.25, 0.3) is 0 Å². The third-order valence-electron chi connectivity index (χ3n) is 5.56. The van der Waals surface area contributed by atoms with Gasteiger partial charge >= 0.3 is 181 Å². The number of ether oxygens (including phenoxy) is 1. The molecule has 32 heavy (non-hydrogen) atoms. The molecule has 0 spiro atoms. The first-order valence-electron chi connectivity index (χ1n) is 10.8. The molecule has 2 fully saturated rings. The molecule has 2 saturated carbocycles. The van der Waals surface area contributed by atoms with E-state index in [0.29, 0.717) is 27.6 Å². The number of rotatable bonds is 6. The van der Waals surface area contributed by atoms with Crippen molar-refractivity contribution in [3.05, 3.63) is 91.9 Å². The van der Waals surface area contributed by atoms with Gasteiger partial charge in [-0.1, -0.05) is 0 Å². The molecule has 4 nitrogen and oxygen atoms in total. The van der Waals surface area contributed by atoms with Crippen molar-refractivity contribution in [1.29, 1.82) is 0 Å². The Kier molecular flexibility index (Phi) is 12.1. The number of fused-ring (bicyclic) bond motifs is 1. The predicted molar refractivity (Wildman–Crippen MR) is 128 cm³/mol. The fourth-order valence-electron chi connectivity index (χ4n) is 3.71. The van der Waals surface area contributed by atoms with E-state index in [9.17, 15) is 4.79 Å². The van der Waals surface area contributed by atoms with Crippen LogP contribution < -0.4 is 4.90 Å². The molecule has 1 heterocycles. The van der Waals surface area contributed by atoms with E-state index in [4.69, 9.17) is 4.74 Å². The van der Waals surface area contributed by atoms with Gasteiger partial charge in [-0.25, -0.2) is 0 Å². The van der Waals surface area contributed by atoms with Crippen molar-refractivity contribution < 1.29 is 26.6 Å². The normalized spacial score (nSPS) is 21.7. The van der Waals surface area contributed by atoms with Crippen LogP contribution in [-0.2, 0) is 28.2 Å². The fraction of sp³-hybridized carbons (Fsp3) is 0.346. The molecule has 0 unspecified atom stereocenters. The minimum atomic E-state index is -0.220. The minimum absolute atomic E-state index is 0. The van der Waals surface area contributed by atoms with Gasteiger partial charge in [-0.3, -0.25) is 0 Å². The molecule has 2 atom stereocenters. The van der Waals surface area contributed by atoms with Crippen LogP contribution in [-0.4, -0.2) is 58.7 Å². The largest absolute Gasteiger partial charge is 2.00 e. The first-order chi connectivity index (χ1) is 15.0. The zero-order valence-electron chi connectivity index (χ0n) is 19.2. The second-order valence-electron chi connectivity index (χ2n) is 7.81. The van der Waals surface area contributed by atoms with Gasteiger partial charge in [-0.15, -0.1) is 0 Å². The second kappa shape index (κ2) is 14.0. The van der Waals surface area contributed by atoms with Crippen LogP contribution in [0.5, 0.6) is 0 Å². The number of amides is 1. The van der Waals surface area contributed by atoms with Crippen molar-refractivity contribution in [2.75, 3.05) is 25.6 Å². The molecule has 0 saturated heterocycles. The second-order valence-corrected chi connectivity index (χ2v) is 10.0. The molecule has 1 amide bonds. The maximum Gasteiger partial charge on any atom is 2.00 e. The van der Waals surface area contributed by atoms with E-state index in [1.807, 2.05) is 62.1 Å². The van der Waals surface area contributed by atoms with Gasteiger partial charge in [0.05, 0.1) is 0 Å². The smallest absolute Gasteiger partial charge is 0.0312 e. The van der Waals surface area contributed by atoms with Crippen molar-refractivity contribution in [1.82, 2.24) is 4.90 Å². The third-order valence-corrected chi connectivity index (χ3v) is 8.15. The molecule has 1 aliphatic heterocycles. The van der Waals surface area contributed by atoms with E-state index in [2.05, 4.69) is 51.2 Å². The molecule has 10 radical (unpaired) electrons. The van der Waals surface area contributed by atoms with Crippen molar-refractivity contribution >= 4 is 26.7 Å². The molecule has 6 heteroatoms. The van der Waals surface area contributed by atoms with Gasteiger partial charge < -0.3 is 0 Å². The minimum Gasteiger partial charge on any atom is -0.0312 e. The molecule has 0 aromatic heterocycles. The molecule has 3 aliphatic rings. The van der Waals surface area contributed by atoms with E-state index in [0.717, 1.165) is 17.4 Å². The standard InChI is InChI=1S/C21H27N2O2Se.C5H5.Fe/c1-5-25-21(24)23-17(13-16-9-6-7-11-19(16)23)14-26-20-12-8-10-18(20)15(2)22(3)4;1-2-4-5-3-1;/h6-12,15,17H,5,13-14H2,1-4H3;1-5H;/q;;+2/t15-,17-;;/m1../s1. The van der Waals surface area contributed by atoms with Crippen LogP contribution in [0.15, 0.2) is 24.3 Å². The number of para-hydroxylation sites is 1. The van der Waals surface area contributed by atoms with Crippen LogP contribution in [0.3, 0.4) is 0 Å². The number of nitrogens with zero attached hydrogens (tertiary/aromatic N) is 2. The third kappa shape index (κ3) is 7.24. The summed E-state index contributed by atoms with van der Waals surface area (Å²) in [6, 6.07) is 8.78. The summed E-state index contributed by atoms with van der Waals surface area (Å²) in [5.74, 6) is 1.41. The summed E-state index contributed by atoms with van der Waals surface area (Å²) in [6.07, 6.45) is 17.3. The number of carbonyl (C=O) groups is 1. The Labute approximate surface area is 212 Å². The first kappa shape index (κ1) is 27.7. The average molecular weight is 539 g/mol. The summed E-state index contributed by atoms with van der Waals surface area (Å²) in [5.41, 5.74) is 2.25. The Morgan fingerprint density at radius 1 is 1.12 bits per heavy atom. The zero-order chi connectivity index (χ0) is 22.2. The predicted octanol–water partition coefficient (Wildman–Crippen LogP) is 4.40. The maximum absolute atomic E-state index is 12.5. The Bertz CT molecular complexity index is 691. The molecule has 2 aliphatic carbocycles. The van der Waals surface area contributed by atoms with Crippen LogP contribution in [0.4, 0.5) is 10.5 Å². The molecule has 1 aromatic rings. The number of anilines is 1. The van der Waals surface area contributed by atoms with Gasteiger partial charge in [-0.2, -0.15) is 0 Å². The Morgan fingerprint density at radius 2 is 1.78 bits per heavy atom. The summed E-state index contributed by atoms with van der Waals surface area (Å²) in [5, 5.41) is 0.998. The topological polar surface area (TPSA) is 32.8 Å². The van der Waals surface area contributed by atoms with Gasteiger partial charge in [0.25, 0.3) is 0 Å². The van der Waals surface area contributed by atoms with Gasteiger partial charge in [-0.05, 0) is 32.1 Å². The summed E-state index contributed by atoms with van der Waals surface area (Å²) >= 11 is 0.320. The van der Waals surface area contributed by atoms with E-state index < -0.39 is 0 Å². The summed E-state index contributed by atoms with van der Waals surface area (Å²) in [6.45, 7) is 4.51. The maximum atomic E-state index is 12.5. The van der Waals surface area contributed by atoms with Crippen LogP contribution in [0, 0.1) is 62.1 Å². The molecular formula is C26H32FeN2O2Se+2. The molecule has 170 valence electrons. The van der Waals surface area contributed by atoms with Crippen LogP contribution >= 0.6 is 0 Å². The SMILES string of the molecule is CCOC(=O)N1c2ccccc2C[C@@H]1C[Se][C]1[CH][CH][CH][C]1[C@@H](C)N(C)C.[CH]1[CH][CH][CH][CH]1.[Fe+2]. The number of carbonyl (C=O) groups excluding carboxylic acids is 1. The van der Waals surface area contributed by atoms with Crippen LogP contribution in [0.1, 0.15) is 19.4 Å². The van der Waals surface area contributed by atoms with Gasteiger partial charge in [0.2, 0.25) is 0 Å². The summed E-state index contributed by atoms with van der Waals surface area (Å²) in [4.78, 5) is 18.1. The van der Waals surface area contributed by atoms with E-state index >= 15 is 0 Å². The Balaban J connectivity index is 0.000000534. The Hall–Kier alpha value is -0.511. The van der Waals surface area contributed by atoms with Gasteiger partial charge in [0.15, 0.2) is 0 Å². The number of hydrogen-bond acceptors (Lipinski definition) is 3. The van der Waals surface area contributed by atoms with Crippen molar-refractivity contribution in [3.8, 4) is 0 Å². The molecule has 4 rings (SSSR count). The monoisotopic (exact) mass is 540 g/mol. The van der Waals surface area contributed by atoms with Crippen LogP contribution in [0.2, 0.25) is 5.32 Å². The average Bonchev–Trinajstić information content (AvgIpc) is 3.53. The van der Waals surface area contributed by atoms with Crippen molar-refractivity contribution in [2.24, 2.45) is 0 Å². The summed E-state index contributed by atoms with van der Waals surface area (Å²) < 4.78 is 5.33. The number of benzene rings is 1. The molecule has 0 bridgehead atoms. The fourth-order valence-corrected chi connectivity index (χ4v) is 6.27. The van der Waals surface area contributed by atoms with Gasteiger partial charge in [0, 0.05) is 0 Å². The number of hydrogen-bond donors (Lipinski definition) is 0. The Morgan fingerprint density at radius 3 is 2.41 bits per heavy atom. The van der Waals surface area contributed by atoms with Gasteiger partial charge in [0.1, 0.15) is 0 Å². The molecule has 0 N–H and O–H groups in total. The van der Waals surface area contributed by atoms with E-state index in [-0.39, 0.29) is 29.2 Å². The summed E-state index contributed by atoms with van der Waals surface area (Å²) in [7, 11) is 4.23. The molecular weight excluding hydrogens is 507 g/mol.